The van der Waals surface area contributed by atoms with E-state index in [0.29, 0.717) is 17.6 Å². The summed E-state index contributed by atoms with van der Waals surface area (Å²) >= 11 is 0. The fourth-order valence-corrected chi connectivity index (χ4v) is 2.99. The number of aromatic nitrogens is 2. The molecule has 0 aliphatic rings. The normalized spacial score (nSPS) is 10.9. The molecule has 2 heterocycles. The molecule has 0 saturated carbocycles. The van der Waals surface area contributed by atoms with E-state index in [-0.39, 0.29) is 17.6 Å². The number of nitrogens with zero attached hydrogens (tertiary/aromatic N) is 2. The van der Waals surface area contributed by atoms with E-state index in [2.05, 4.69) is 23.2 Å². The Balaban J connectivity index is 2.23. The molecule has 0 amide bonds. The molecule has 5 nitrogen and oxygen atoms in total. The van der Waals surface area contributed by atoms with Gasteiger partial charge in [0.25, 0.3) is 0 Å². The summed E-state index contributed by atoms with van der Waals surface area (Å²) in [4.78, 5) is 29.5. The second kappa shape index (κ2) is 7.12. The molecule has 0 radical (unpaired) electrons. The van der Waals surface area contributed by atoms with Gasteiger partial charge in [-0.05, 0) is 51.0 Å². The maximum atomic E-state index is 12.7. The van der Waals surface area contributed by atoms with Crippen molar-refractivity contribution in [2.24, 2.45) is 0 Å². The molecule has 0 spiro atoms. The zero-order valence-electron chi connectivity index (χ0n) is 15.5. The lowest BCUT2D eigenvalue weighted by Crippen LogP contribution is -2.22. The third kappa shape index (κ3) is 3.38. The first kappa shape index (κ1) is 17.9. The zero-order valence-corrected chi connectivity index (χ0v) is 15.5. The van der Waals surface area contributed by atoms with Crippen molar-refractivity contribution in [1.29, 1.82) is 0 Å². The van der Waals surface area contributed by atoms with Gasteiger partial charge in [0.2, 0.25) is 5.43 Å². The highest BCUT2D eigenvalue weighted by Gasteiger charge is 2.17. The first-order valence-electron chi connectivity index (χ1n) is 8.64. The highest BCUT2D eigenvalue weighted by molar-refractivity contribution is 5.93. The summed E-state index contributed by atoms with van der Waals surface area (Å²) in [7, 11) is 0. The van der Waals surface area contributed by atoms with Crippen molar-refractivity contribution < 1.29 is 9.53 Å². The van der Waals surface area contributed by atoms with E-state index < -0.39 is 5.97 Å². The number of hydrogen-bond acceptors (Lipinski definition) is 4. The molecular weight excluding hydrogens is 328 g/mol. The lowest BCUT2D eigenvalue weighted by molar-refractivity contribution is 0.0524. The number of hydrogen-bond donors (Lipinski definition) is 0. The zero-order chi connectivity index (χ0) is 18.8. The Hall–Kier alpha value is -2.95. The predicted molar refractivity (Wildman–Crippen MR) is 102 cm³/mol. The quantitative estimate of drug-likeness (QED) is 0.675. The van der Waals surface area contributed by atoms with E-state index in [1.807, 2.05) is 25.3 Å². The lowest BCUT2D eigenvalue weighted by atomic mass is 10.1. The molecule has 0 bridgehead atoms. The van der Waals surface area contributed by atoms with Gasteiger partial charge >= 0.3 is 5.97 Å². The smallest absolute Gasteiger partial charge is 0.343 e. The van der Waals surface area contributed by atoms with Gasteiger partial charge in [0, 0.05) is 18.4 Å². The van der Waals surface area contributed by atoms with E-state index >= 15 is 0 Å². The summed E-state index contributed by atoms with van der Waals surface area (Å²) in [5, 5.41) is 0.423. The van der Waals surface area contributed by atoms with Crippen LogP contribution in [0, 0.1) is 20.8 Å². The Morgan fingerprint density at radius 1 is 1.15 bits per heavy atom. The number of rotatable bonds is 4. The summed E-state index contributed by atoms with van der Waals surface area (Å²) < 4.78 is 6.92. The molecule has 0 N–H and O–H groups in total. The van der Waals surface area contributed by atoms with Crippen LogP contribution >= 0.6 is 0 Å². The third-order valence-electron chi connectivity index (χ3n) is 4.40. The van der Waals surface area contributed by atoms with Crippen LogP contribution in [-0.4, -0.2) is 22.1 Å². The summed E-state index contributed by atoms with van der Waals surface area (Å²) in [6.07, 6.45) is 1.57. The summed E-state index contributed by atoms with van der Waals surface area (Å²) in [6.45, 7) is 8.43. The van der Waals surface area contributed by atoms with E-state index in [0.717, 1.165) is 22.4 Å². The predicted octanol–water partition coefficient (Wildman–Crippen LogP) is 3.55. The molecule has 1 aromatic carbocycles. The first-order valence-corrected chi connectivity index (χ1v) is 8.64. The topological polar surface area (TPSA) is 61.2 Å². The van der Waals surface area contributed by atoms with Crippen LogP contribution in [0.1, 0.15) is 39.7 Å². The number of ether oxygens (including phenoxy) is 1. The largest absolute Gasteiger partial charge is 0.462 e. The van der Waals surface area contributed by atoms with E-state index in [1.165, 1.54) is 0 Å². The highest BCUT2D eigenvalue weighted by atomic mass is 16.5. The van der Waals surface area contributed by atoms with Crippen LogP contribution in [0.5, 0.6) is 0 Å². The lowest BCUT2D eigenvalue weighted by Gasteiger charge is -2.15. The number of benzene rings is 1. The maximum Gasteiger partial charge on any atom is 0.343 e. The summed E-state index contributed by atoms with van der Waals surface area (Å²) in [6, 6.07) is 9.75. The molecular formula is C21H22N2O3. The number of carbonyl (C=O) groups is 1. The molecule has 0 aliphatic carbocycles. The fraction of sp³-hybridized carbons (Fsp3) is 0.286. The Morgan fingerprint density at radius 3 is 2.65 bits per heavy atom. The van der Waals surface area contributed by atoms with Crippen LogP contribution in [-0.2, 0) is 11.3 Å². The number of fused-ring (bicyclic) bond motifs is 1. The highest BCUT2D eigenvalue weighted by Crippen LogP contribution is 2.17. The van der Waals surface area contributed by atoms with Crippen LogP contribution in [0.2, 0.25) is 0 Å². The number of esters is 1. The second-order valence-corrected chi connectivity index (χ2v) is 6.47. The van der Waals surface area contributed by atoms with Gasteiger partial charge < -0.3 is 9.30 Å². The van der Waals surface area contributed by atoms with Crippen LogP contribution in [0.4, 0.5) is 0 Å². The minimum Gasteiger partial charge on any atom is -0.462 e. The molecule has 0 unspecified atom stereocenters. The average molecular weight is 350 g/mol. The number of carbonyl (C=O) groups excluding carboxylic acids is 1. The molecule has 0 saturated heterocycles. The van der Waals surface area contributed by atoms with Gasteiger partial charge in [-0.1, -0.05) is 23.8 Å². The van der Waals surface area contributed by atoms with Crippen molar-refractivity contribution in [2.45, 2.75) is 34.2 Å². The number of aryl methyl sites for hydroxylation is 3. The van der Waals surface area contributed by atoms with Crippen LogP contribution in [0.15, 0.2) is 41.3 Å². The van der Waals surface area contributed by atoms with Crippen molar-refractivity contribution in [3.63, 3.8) is 0 Å². The SMILES string of the molecule is CCOC(=O)c1cn(Cc2cc(C)ccc2C)c2nc(C)ccc2c1=O. The van der Waals surface area contributed by atoms with Gasteiger partial charge in [0.1, 0.15) is 11.2 Å². The Morgan fingerprint density at radius 2 is 1.92 bits per heavy atom. The summed E-state index contributed by atoms with van der Waals surface area (Å²) in [5.41, 5.74) is 4.50. The van der Waals surface area contributed by atoms with E-state index in [1.54, 1.807) is 25.3 Å². The molecule has 3 aromatic rings. The van der Waals surface area contributed by atoms with Gasteiger partial charge in [-0.2, -0.15) is 0 Å². The minimum absolute atomic E-state index is 0.0373. The second-order valence-electron chi connectivity index (χ2n) is 6.47. The Labute approximate surface area is 152 Å². The van der Waals surface area contributed by atoms with Crippen molar-refractivity contribution in [2.75, 3.05) is 6.61 Å². The molecule has 0 aliphatic heterocycles. The van der Waals surface area contributed by atoms with Gasteiger partial charge in [0.15, 0.2) is 0 Å². The average Bonchev–Trinajstić information content (AvgIpc) is 2.60. The number of pyridine rings is 2. The molecule has 2 aromatic heterocycles. The summed E-state index contributed by atoms with van der Waals surface area (Å²) in [5.74, 6) is -0.602. The van der Waals surface area contributed by atoms with Gasteiger partial charge in [-0.15, -0.1) is 0 Å². The molecule has 0 atom stereocenters. The van der Waals surface area contributed by atoms with Crippen molar-refractivity contribution in [3.05, 3.63) is 74.7 Å². The van der Waals surface area contributed by atoms with Gasteiger partial charge in [0.05, 0.1) is 12.0 Å². The van der Waals surface area contributed by atoms with E-state index in [4.69, 9.17) is 4.74 Å². The van der Waals surface area contributed by atoms with Crippen LogP contribution in [0.3, 0.4) is 0 Å². The fourth-order valence-electron chi connectivity index (χ4n) is 2.99. The standard InChI is InChI=1S/C21H22N2O3/c1-5-26-21(25)18-12-23(11-16-10-13(2)6-7-14(16)3)20-17(19(18)24)9-8-15(4)22-20/h6-10,12H,5,11H2,1-4H3. The minimum atomic E-state index is -0.602. The maximum absolute atomic E-state index is 12.7. The molecule has 5 heteroatoms. The van der Waals surface area contributed by atoms with Crippen LogP contribution < -0.4 is 5.43 Å². The molecule has 3 rings (SSSR count). The van der Waals surface area contributed by atoms with Crippen molar-refractivity contribution in [3.8, 4) is 0 Å². The van der Waals surface area contributed by atoms with E-state index in [9.17, 15) is 9.59 Å². The Bertz CT molecular complexity index is 1050. The van der Waals surface area contributed by atoms with Crippen molar-refractivity contribution in [1.82, 2.24) is 9.55 Å². The molecule has 26 heavy (non-hydrogen) atoms. The molecule has 134 valence electrons. The van der Waals surface area contributed by atoms with Gasteiger partial charge in [-0.25, -0.2) is 9.78 Å². The van der Waals surface area contributed by atoms with Gasteiger partial charge in [-0.3, -0.25) is 4.79 Å². The first-order chi connectivity index (χ1) is 12.4. The van der Waals surface area contributed by atoms with Crippen LogP contribution in [0.25, 0.3) is 11.0 Å². The molecule has 0 fully saturated rings. The Kier molecular flexibility index (Phi) is 4.89. The van der Waals surface area contributed by atoms with Crippen molar-refractivity contribution >= 4 is 17.0 Å². The third-order valence-corrected chi connectivity index (χ3v) is 4.40. The monoisotopic (exact) mass is 350 g/mol.